The Morgan fingerprint density at radius 1 is 1.04 bits per heavy atom. The number of rotatable bonds is 11. The maximum Gasteiger partial charge on any atom is 0.295 e. The van der Waals surface area contributed by atoms with Crippen molar-refractivity contribution in [3.8, 4) is 0 Å². The second-order valence-corrected chi connectivity index (χ2v) is 13.7. The van der Waals surface area contributed by atoms with Crippen molar-refractivity contribution in [3.05, 3.63) is 0 Å². The third-order valence-corrected chi connectivity index (χ3v) is 12.5. The lowest BCUT2D eigenvalue weighted by atomic mass is 10.2. The van der Waals surface area contributed by atoms with Crippen LogP contribution in [0.25, 0.3) is 0 Å². The van der Waals surface area contributed by atoms with Gasteiger partial charge in [-0.1, -0.05) is 60.8 Å². The summed E-state index contributed by atoms with van der Waals surface area (Å²) < 4.78 is 12.2. The monoisotopic (exact) mass is 372 g/mol. The minimum absolute atomic E-state index is 0.000672. The van der Waals surface area contributed by atoms with Gasteiger partial charge in [0, 0.05) is 5.60 Å². The van der Waals surface area contributed by atoms with E-state index in [1.165, 1.54) is 0 Å². The number of carbonyl (C=O) groups is 1. The molecule has 0 aromatic heterocycles. The molecular formula is C19H40O3Si2. The fourth-order valence-electron chi connectivity index (χ4n) is 3.07. The molecule has 0 aromatic rings. The van der Waals surface area contributed by atoms with E-state index in [0.717, 1.165) is 31.4 Å². The SMILES string of the molecule is CCC[Si](OC(=O)C(C)C[Si]OC(C)(C)C)(C(C)CC)C(C)CC. The van der Waals surface area contributed by atoms with Gasteiger partial charge in [-0.25, -0.2) is 0 Å². The molecule has 0 N–H and O–H groups in total. The Balaban J connectivity index is 5.02. The van der Waals surface area contributed by atoms with Gasteiger partial charge in [0.25, 0.3) is 14.3 Å². The summed E-state index contributed by atoms with van der Waals surface area (Å²) in [5, 5.41) is 0. The van der Waals surface area contributed by atoms with Gasteiger partial charge in [0.15, 0.2) is 0 Å². The molecule has 0 aliphatic rings. The first kappa shape index (κ1) is 23.9. The summed E-state index contributed by atoms with van der Waals surface area (Å²) in [5.74, 6) is -0.0803. The third kappa shape index (κ3) is 7.40. The van der Waals surface area contributed by atoms with E-state index in [9.17, 15) is 4.79 Å². The van der Waals surface area contributed by atoms with Gasteiger partial charge in [-0.05, 0) is 43.9 Å². The molecule has 0 amide bonds. The molecule has 0 rings (SSSR count). The predicted octanol–water partition coefficient (Wildman–Crippen LogP) is 5.97. The van der Waals surface area contributed by atoms with Crippen LogP contribution in [0, 0.1) is 5.92 Å². The molecule has 0 fully saturated rings. The molecule has 0 aliphatic carbocycles. The summed E-state index contributed by atoms with van der Waals surface area (Å²) in [6.45, 7) is 19.4. The molecule has 3 atom stereocenters. The molecule has 0 aliphatic heterocycles. The highest BCUT2D eigenvalue weighted by Gasteiger charge is 2.47. The van der Waals surface area contributed by atoms with Crippen molar-refractivity contribution in [2.45, 2.75) is 110 Å². The largest absolute Gasteiger partial charge is 0.518 e. The summed E-state index contributed by atoms with van der Waals surface area (Å²) in [4.78, 5) is 12.8. The van der Waals surface area contributed by atoms with Crippen molar-refractivity contribution in [3.63, 3.8) is 0 Å². The first-order valence-corrected chi connectivity index (χ1v) is 13.1. The van der Waals surface area contributed by atoms with Gasteiger partial charge in [-0.2, -0.15) is 0 Å². The Hall–Kier alpha value is -0.136. The van der Waals surface area contributed by atoms with Crippen LogP contribution in [0.5, 0.6) is 0 Å². The van der Waals surface area contributed by atoms with Crippen LogP contribution in [-0.4, -0.2) is 29.7 Å². The topological polar surface area (TPSA) is 35.5 Å². The van der Waals surface area contributed by atoms with Crippen LogP contribution < -0.4 is 0 Å². The minimum Gasteiger partial charge on any atom is -0.518 e. The van der Waals surface area contributed by atoms with E-state index < -0.39 is 8.32 Å². The second-order valence-electron chi connectivity index (χ2n) is 8.21. The molecule has 3 nitrogen and oxygen atoms in total. The standard InChI is InChI=1S/C19H40O3Si2/c1-10-13-24(16(5)11-2,17(6)12-3)21-18(20)15(4)14-23-22-19(7,8)9/h15-17H,10-14H2,1-9H3. The van der Waals surface area contributed by atoms with Gasteiger partial charge in [0.1, 0.15) is 0 Å². The zero-order valence-electron chi connectivity index (χ0n) is 17.5. The summed E-state index contributed by atoms with van der Waals surface area (Å²) in [5.41, 5.74) is 0.879. The Morgan fingerprint density at radius 3 is 1.92 bits per heavy atom. The first-order chi connectivity index (χ1) is 11.0. The van der Waals surface area contributed by atoms with Gasteiger partial charge >= 0.3 is 0 Å². The maximum absolute atomic E-state index is 12.8. The van der Waals surface area contributed by atoms with Gasteiger partial charge < -0.3 is 8.85 Å². The van der Waals surface area contributed by atoms with E-state index in [-0.39, 0.29) is 17.5 Å². The van der Waals surface area contributed by atoms with Gasteiger partial charge in [-0.15, -0.1) is 0 Å². The number of hydrogen-bond donors (Lipinski definition) is 0. The third-order valence-electron chi connectivity index (χ3n) is 4.99. The van der Waals surface area contributed by atoms with Crippen LogP contribution in [-0.2, 0) is 13.6 Å². The summed E-state index contributed by atoms with van der Waals surface area (Å²) in [7, 11) is -1.74. The fraction of sp³-hybridized carbons (Fsp3) is 0.947. The molecule has 24 heavy (non-hydrogen) atoms. The molecule has 0 saturated carbocycles. The molecule has 0 aromatic carbocycles. The Labute approximate surface area is 154 Å². The van der Waals surface area contributed by atoms with E-state index in [0.29, 0.717) is 20.8 Å². The zero-order chi connectivity index (χ0) is 19.0. The Bertz CT molecular complexity index is 356. The molecule has 0 saturated heterocycles. The fourth-order valence-corrected chi connectivity index (χ4v) is 9.20. The molecule has 142 valence electrons. The highest BCUT2D eigenvalue weighted by Crippen LogP contribution is 2.42. The summed E-state index contributed by atoms with van der Waals surface area (Å²) in [6.07, 6.45) is 3.28. The molecule has 0 heterocycles. The Kier molecular flexibility index (Phi) is 10.7. The molecule has 3 unspecified atom stereocenters. The van der Waals surface area contributed by atoms with Crippen molar-refractivity contribution in [1.29, 1.82) is 0 Å². The zero-order valence-corrected chi connectivity index (χ0v) is 19.5. The van der Waals surface area contributed by atoms with E-state index in [2.05, 4.69) is 34.6 Å². The lowest BCUT2D eigenvalue weighted by molar-refractivity contribution is -0.139. The molecule has 5 heteroatoms. The second kappa shape index (κ2) is 10.8. The van der Waals surface area contributed by atoms with Crippen LogP contribution in [0.15, 0.2) is 0 Å². The van der Waals surface area contributed by atoms with E-state index in [1.807, 2.05) is 27.7 Å². The average molecular weight is 373 g/mol. The minimum atomic E-state index is -2.09. The molecule has 0 bridgehead atoms. The maximum atomic E-state index is 12.8. The Morgan fingerprint density at radius 2 is 1.54 bits per heavy atom. The molecule has 0 spiro atoms. The van der Waals surface area contributed by atoms with Crippen molar-refractivity contribution >= 4 is 24.0 Å². The van der Waals surface area contributed by atoms with Gasteiger partial charge in [-0.3, -0.25) is 4.79 Å². The van der Waals surface area contributed by atoms with Crippen molar-refractivity contribution in [2.24, 2.45) is 5.92 Å². The van der Waals surface area contributed by atoms with Crippen LogP contribution in [0.4, 0.5) is 0 Å². The first-order valence-electron chi connectivity index (χ1n) is 9.67. The lowest BCUT2D eigenvalue weighted by Gasteiger charge is -2.41. The smallest absolute Gasteiger partial charge is 0.295 e. The highest BCUT2D eigenvalue weighted by atomic mass is 28.4. The van der Waals surface area contributed by atoms with Crippen molar-refractivity contribution < 1.29 is 13.6 Å². The van der Waals surface area contributed by atoms with Crippen molar-refractivity contribution in [1.82, 2.24) is 0 Å². The predicted molar refractivity (Wildman–Crippen MR) is 107 cm³/mol. The van der Waals surface area contributed by atoms with Crippen LogP contribution in [0.3, 0.4) is 0 Å². The highest BCUT2D eigenvalue weighted by molar-refractivity contribution is 6.77. The van der Waals surface area contributed by atoms with Crippen LogP contribution >= 0.6 is 0 Å². The van der Waals surface area contributed by atoms with E-state index in [4.69, 9.17) is 8.85 Å². The lowest BCUT2D eigenvalue weighted by Crippen LogP contribution is -2.48. The van der Waals surface area contributed by atoms with E-state index >= 15 is 0 Å². The normalized spacial score (nSPS) is 18.5. The summed E-state index contributed by atoms with van der Waals surface area (Å²) in [6, 6.07) is 1.84. The average Bonchev–Trinajstić information content (AvgIpc) is 2.51. The van der Waals surface area contributed by atoms with Gasteiger partial charge in [0.2, 0.25) is 9.76 Å². The molecular weight excluding hydrogens is 332 g/mol. The number of hydrogen-bond acceptors (Lipinski definition) is 3. The van der Waals surface area contributed by atoms with Crippen LogP contribution in [0.1, 0.15) is 81.6 Å². The number of carbonyl (C=O) groups excluding carboxylic acids is 1. The molecule has 2 radical (unpaired) electrons. The summed E-state index contributed by atoms with van der Waals surface area (Å²) >= 11 is 0. The van der Waals surface area contributed by atoms with E-state index in [1.54, 1.807) is 0 Å². The van der Waals surface area contributed by atoms with Gasteiger partial charge in [0.05, 0.1) is 5.92 Å². The van der Waals surface area contributed by atoms with Crippen molar-refractivity contribution in [2.75, 3.05) is 0 Å². The van der Waals surface area contributed by atoms with Crippen LogP contribution in [0.2, 0.25) is 23.2 Å². The quantitative estimate of drug-likeness (QED) is 0.419.